The van der Waals surface area contributed by atoms with Crippen molar-refractivity contribution in [1.29, 1.82) is 0 Å². The molecule has 1 aliphatic heterocycles. The van der Waals surface area contributed by atoms with E-state index in [-0.39, 0.29) is 5.56 Å². The highest BCUT2D eigenvalue weighted by molar-refractivity contribution is 5.21. The summed E-state index contributed by atoms with van der Waals surface area (Å²) >= 11 is 0. The summed E-state index contributed by atoms with van der Waals surface area (Å²) in [7, 11) is 0. The van der Waals surface area contributed by atoms with Crippen LogP contribution in [0.15, 0.2) is 18.2 Å². The first-order valence-corrected chi connectivity index (χ1v) is 7.61. The Labute approximate surface area is 125 Å². The van der Waals surface area contributed by atoms with Gasteiger partial charge in [-0.05, 0) is 19.4 Å². The summed E-state index contributed by atoms with van der Waals surface area (Å²) in [6.45, 7) is 8.33. The lowest BCUT2D eigenvalue weighted by Gasteiger charge is -2.38. The quantitative estimate of drug-likeness (QED) is 0.904. The van der Waals surface area contributed by atoms with Crippen LogP contribution in [0.5, 0.6) is 0 Å². The number of benzene rings is 1. The van der Waals surface area contributed by atoms with Crippen LogP contribution in [-0.4, -0.2) is 53.7 Å². The minimum atomic E-state index is -0.990. The lowest BCUT2D eigenvalue weighted by atomic mass is 10.1. The van der Waals surface area contributed by atoms with Gasteiger partial charge in [0.25, 0.3) is 0 Å². The molecule has 0 saturated carbocycles. The van der Waals surface area contributed by atoms with Crippen LogP contribution in [-0.2, 0) is 0 Å². The number of hydrogen-bond acceptors (Lipinski definition) is 3. The molecule has 118 valence electrons. The van der Waals surface area contributed by atoms with Gasteiger partial charge in [0.2, 0.25) is 0 Å². The molecule has 0 aromatic heterocycles. The molecule has 0 radical (unpaired) electrons. The Morgan fingerprint density at radius 1 is 1.19 bits per heavy atom. The van der Waals surface area contributed by atoms with Crippen molar-refractivity contribution in [2.75, 3.05) is 32.7 Å². The summed E-state index contributed by atoms with van der Waals surface area (Å²) in [5, 5.41) is 10.1. The maximum atomic E-state index is 13.7. The molecule has 2 unspecified atom stereocenters. The first kappa shape index (κ1) is 16.3. The molecule has 0 aliphatic carbocycles. The summed E-state index contributed by atoms with van der Waals surface area (Å²) in [4.78, 5) is 4.53. The molecule has 1 saturated heterocycles. The summed E-state index contributed by atoms with van der Waals surface area (Å²) < 4.78 is 26.8. The van der Waals surface area contributed by atoms with Crippen molar-refractivity contribution in [1.82, 2.24) is 9.80 Å². The van der Waals surface area contributed by atoms with Crippen LogP contribution in [0, 0.1) is 11.6 Å². The highest BCUT2D eigenvalue weighted by Gasteiger charge is 2.23. The summed E-state index contributed by atoms with van der Waals surface area (Å²) in [6.07, 6.45) is 0.132. The normalized spacial score (nSPS) is 20.4. The first-order valence-electron chi connectivity index (χ1n) is 7.61. The van der Waals surface area contributed by atoms with Crippen molar-refractivity contribution in [2.24, 2.45) is 0 Å². The van der Waals surface area contributed by atoms with Crippen LogP contribution in [0.4, 0.5) is 8.78 Å². The molecule has 0 amide bonds. The Bertz CT molecular complexity index is 462. The van der Waals surface area contributed by atoms with E-state index in [1.165, 1.54) is 12.1 Å². The van der Waals surface area contributed by atoms with Gasteiger partial charge in [-0.1, -0.05) is 19.1 Å². The van der Waals surface area contributed by atoms with E-state index in [0.29, 0.717) is 12.6 Å². The van der Waals surface area contributed by atoms with Gasteiger partial charge < -0.3 is 5.11 Å². The fourth-order valence-electron chi connectivity index (χ4n) is 2.77. The molecule has 1 aliphatic rings. The van der Waals surface area contributed by atoms with Crippen LogP contribution in [0.2, 0.25) is 0 Å². The predicted octanol–water partition coefficient (Wildman–Crippen LogP) is 2.41. The largest absolute Gasteiger partial charge is 0.387 e. The molecule has 5 heteroatoms. The lowest BCUT2D eigenvalue weighted by molar-refractivity contribution is 0.0569. The van der Waals surface area contributed by atoms with Crippen LogP contribution >= 0.6 is 0 Å². The predicted molar refractivity (Wildman–Crippen MR) is 79.1 cm³/mol. The highest BCUT2D eigenvalue weighted by atomic mass is 19.2. The van der Waals surface area contributed by atoms with Gasteiger partial charge in [-0.15, -0.1) is 0 Å². The summed E-state index contributed by atoms with van der Waals surface area (Å²) in [5.41, 5.74) is 0.0411. The van der Waals surface area contributed by atoms with E-state index in [0.717, 1.165) is 38.7 Å². The minimum absolute atomic E-state index is 0.0411. The van der Waals surface area contributed by atoms with Crippen LogP contribution < -0.4 is 0 Å². The number of nitrogens with zero attached hydrogens (tertiary/aromatic N) is 2. The second-order valence-electron chi connectivity index (χ2n) is 5.75. The molecule has 1 heterocycles. The van der Waals surface area contributed by atoms with E-state index in [4.69, 9.17) is 0 Å². The number of piperazine rings is 1. The maximum Gasteiger partial charge on any atom is 0.164 e. The fraction of sp³-hybridized carbons (Fsp3) is 0.625. The van der Waals surface area contributed by atoms with Gasteiger partial charge in [0, 0.05) is 44.3 Å². The topological polar surface area (TPSA) is 26.7 Å². The zero-order chi connectivity index (χ0) is 15.4. The molecule has 3 nitrogen and oxygen atoms in total. The van der Waals surface area contributed by atoms with E-state index in [1.54, 1.807) is 0 Å². The van der Waals surface area contributed by atoms with Crippen molar-refractivity contribution in [2.45, 2.75) is 32.4 Å². The van der Waals surface area contributed by atoms with Gasteiger partial charge in [-0.2, -0.15) is 0 Å². The monoisotopic (exact) mass is 298 g/mol. The third-order valence-corrected chi connectivity index (χ3v) is 4.39. The summed E-state index contributed by atoms with van der Waals surface area (Å²) in [6, 6.07) is 4.50. The number of aliphatic hydroxyl groups is 1. The number of aliphatic hydroxyl groups excluding tert-OH is 1. The molecule has 2 rings (SSSR count). The molecular weight excluding hydrogens is 274 g/mol. The van der Waals surface area contributed by atoms with E-state index in [2.05, 4.69) is 23.6 Å². The third kappa shape index (κ3) is 3.99. The molecule has 0 bridgehead atoms. The Balaban J connectivity index is 1.90. The molecule has 1 aromatic carbocycles. The van der Waals surface area contributed by atoms with E-state index in [9.17, 15) is 13.9 Å². The molecule has 1 aromatic rings. The lowest BCUT2D eigenvalue weighted by Crippen LogP contribution is -2.50. The van der Waals surface area contributed by atoms with Gasteiger partial charge in [0.15, 0.2) is 11.6 Å². The van der Waals surface area contributed by atoms with Crippen molar-refractivity contribution in [3.05, 3.63) is 35.4 Å². The van der Waals surface area contributed by atoms with Crippen molar-refractivity contribution < 1.29 is 13.9 Å². The van der Waals surface area contributed by atoms with Crippen LogP contribution in [0.1, 0.15) is 31.9 Å². The Kier molecular flexibility index (Phi) is 5.67. The molecule has 21 heavy (non-hydrogen) atoms. The van der Waals surface area contributed by atoms with E-state index < -0.39 is 17.7 Å². The average Bonchev–Trinajstić information content (AvgIpc) is 2.50. The van der Waals surface area contributed by atoms with Crippen molar-refractivity contribution in [3.8, 4) is 0 Å². The smallest absolute Gasteiger partial charge is 0.164 e. The highest BCUT2D eigenvalue weighted by Crippen LogP contribution is 2.21. The zero-order valence-corrected chi connectivity index (χ0v) is 12.7. The van der Waals surface area contributed by atoms with Gasteiger partial charge >= 0.3 is 0 Å². The SMILES string of the molecule is CCC(C)N1CCN(CC(O)c2cccc(F)c2F)CC1. The van der Waals surface area contributed by atoms with E-state index in [1.807, 2.05) is 0 Å². The van der Waals surface area contributed by atoms with Gasteiger partial charge in [-0.3, -0.25) is 9.80 Å². The molecule has 1 N–H and O–H groups in total. The third-order valence-electron chi connectivity index (χ3n) is 4.39. The molecule has 0 spiro atoms. The Hall–Kier alpha value is -1.04. The number of halogens is 2. The number of β-amino-alcohol motifs (C(OH)–C–C–N with tert-alkyl or cyclic N) is 1. The second-order valence-corrected chi connectivity index (χ2v) is 5.75. The van der Waals surface area contributed by atoms with Gasteiger partial charge in [0.1, 0.15) is 0 Å². The van der Waals surface area contributed by atoms with Gasteiger partial charge in [-0.25, -0.2) is 8.78 Å². The Morgan fingerprint density at radius 3 is 2.48 bits per heavy atom. The van der Waals surface area contributed by atoms with Crippen molar-refractivity contribution >= 4 is 0 Å². The molecular formula is C16H24F2N2O. The molecule has 2 atom stereocenters. The number of rotatable bonds is 5. The fourth-order valence-corrected chi connectivity index (χ4v) is 2.77. The van der Waals surface area contributed by atoms with E-state index >= 15 is 0 Å². The van der Waals surface area contributed by atoms with Gasteiger partial charge in [0.05, 0.1) is 6.10 Å². The standard InChI is InChI=1S/C16H24F2N2O/c1-3-12(2)20-9-7-19(8-10-20)11-15(21)13-5-4-6-14(17)16(13)18/h4-6,12,15,21H,3,7-11H2,1-2H3. The average molecular weight is 298 g/mol. The molecule has 1 fully saturated rings. The Morgan fingerprint density at radius 2 is 1.86 bits per heavy atom. The maximum absolute atomic E-state index is 13.7. The van der Waals surface area contributed by atoms with Crippen LogP contribution in [0.3, 0.4) is 0 Å². The second kappa shape index (κ2) is 7.29. The van der Waals surface area contributed by atoms with Crippen molar-refractivity contribution in [3.63, 3.8) is 0 Å². The first-order chi connectivity index (χ1) is 10.0. The zero-order valence-electron chi connectivity index (χ0n) is 12.7. The summed E-state index contributed by atoms with van der Waals surface area (Å²) in [5.74, 6) is -1.85. The minimum Gasteiger partial charge on any atom is -0.387 e. The number of hydrogen-bond donors (Lipinski definition) is 1. The van der Waals surface area contributed by atoms with Crippen LogP contribution in [0.25, 0.3) is 0 Å².